The second kappa shape index (κ2) is 25.0. The molecule has 3 saturated heterocycles. The molecule has 474 valence electrons. The van der Waals surface area contributed by atoms with Crippen molar-refractivity contribution in [3.63, 3.8) is 0 Å². The number of pyridine rings is 3. The fourth-order valence-electron chi connectivity index (χ4n) is 11.2. The van der Waals surface area contributed by atoms with Crippen LogP contribution in [0.1, 0.15) is 109 Å². The number of benzene rings is 3. The lowest BCUT2D eigenvalue weighted by molar-refractivity contribution is -0.0207. The SMILES string of the molecule is CO[C@@H]1CN(c2ccn(-c3cc(-c4c(F)cccc4C#N)nc4c3C(=O)NC4)n2)CC[C@H]1O.[2H]C1([2H])N(c2ccn(-c3cc(-c4c(F)cccc4C#N)nc4c3C(=O)NC4)n2)C([2H])([2H])C(C)(O)C1([2H])[2H].[2H]C1([2H])N(c2ccn(-c3cc(-c4c(F)cccc4C#N)nc4c3C(=O)NC4)n2)C([2H])([2H])C([2H])(O)C1([2H])[2H]. The number of halogens is 3. The van der Waals surface area contributed by atoms with Crippen LogP contribution in [-0.4, -0.2) is 147 Å². The van der Waals surface area contributed by atoms with Gasteiger partial charge in [-0.2, -0.15) is 31.1 Å². The number of aliphatic hydroxyl groups excluding tert-OH is 1. The van der Waals surface area contributed by atoms with Gasteiger partial charge in [0.2, 0.25) is 0 Å². The standard InChI is InChI=1S/C23H21FN6O3.C22H19FN6O2.C21H17FN6O2/c1-33-19-12-29(7-5-18(19)31)20-6-8-30(28-20)17-9-15(27-16-11-26-23(32)22(16)17)21-13(10-25)3-2-4-14(21)24;1-22(31)6-8-28(12-22)18-5-7-29(27-18)17-9-15(26-16-11-25-21(30)20(16)17)19-13(10-24)3-2-4-14(19)23;22-14-3-1-2-12(9-23)19(14)15-8-17(20-16(25-15)10-24-21(20)30)28-7-5-18(26-28)27-6-4-13(29)11-27/h2-4,6,8-9,18-19,31H,5,7,11-12H2,1H3,(H,26,32);2-5,7,9,31H,6,8,11-12H2,1H3,(H,25,30);1-3,5,7-8,13,29H,4,6,10-11H2,(H,24,30)/t18-,19-;;/m1../s1/i;6D2,8D2,12D2;4D2,6D2,11D2,13D. The number of fused-ring (bicyclic) bond motifs is 3. The Balaban J connectivity index is 0.000000142. The van der Waals surface area contributed by atoms with Crippen LogP contribution in [0.3, 0.4) is 0 Å². The van der Waals surface area contributed by atoms with Gasteiger partial charge in [0.1, 0.15) is 23.6 Å². The zero-order valence-electron chi connectivity index (χ0n) is 62.1. The average Bonchev–Trinajstić information content (AvgIpc) is 1.52. The summed E-state index contributed by atoms with van der Waals surface area (Å²) in [5.41, 5.74) is -0.297. The summed E-state index contributed by atoms with van der Waals surface area (Å²) in [5.74, 6) is -3.49. The molecular formula is C66H57F3N18O7. The molecule has 6 aromatic heterocycles. The Morgan fingerprint density at radius 1 is 0.606 bits per heavy atom. The van der Waals surface area contributed by atoms with Gasteiger partial charge >= 0.3 is 0 Å². The smallest absolute Gasteiger partial charge is 0.255 e. The van der Waals surface area contributed by atoms with Crippen molar-refractivity contribution in [2.75, 3.05) is 60.9 Å². The molecule has 25 nitrogen and oxygen atoms in total. The Kier molecular flexibility index (Phi) is 12.7. The summed E-state index contributed by atoms with van der Waals surface area (Å²) < 4.78 is 159. The number of hydrogen-bond donors (Lipinski definition) is 6. The third kappa shape index (κ3) is 11.6. The van der Waals surface area contributed by atoms with Gasteiger partial charge in [0.05, 0.1) is 164 Å². The number of amides is 3. The van der Waals surface area contributed by atoms with Crippen LogP contribution in [0.15, 0.2) is 110 Å². The predicted octanol–water partition coefficient (Wildman–Crippen LogP) is 5.68. The third-order valence-electron chi connectivity index (χ3n) is 15.6. The molecule has 3 amide bonds. The third-order valence-corrected chi connectivity index (χ3v) is 15.6. The van der Waals surface area contributed by atoms with Crippen LogP contribution in [0, 0.1) is 51.4 Å². The number of carbonyl (C=O) groups excluding carboxylic acids is 3. The summed E-state index contributed by atoms with van der Waals surface area (Å²) in [7, 11) is 1.56. The monoisotopic (exact) mass is 1280 g/mol. The van der Waals surface area contributed by atoms with Gasteiger partial charge in [0.15, 0.2) is 17.5 Å². The van der Waals surface area contributed by atoms with Crippen molar-refractivity contribution >= 4 is 35.2 Å². The molecule has 0 saturated carbocycles. The molecule has 6 N–H and O–H groups in total. The summed E-state index contributed by atoms with van der Waals surface area (Å²) >= 11 is 0. The van der Waals surface area contributed by atoms with E-state index in [1.807, 2.05) is 29.2 Å². The quantitative estimate of drug-likeness (QED) is 0.0958. The highest BCUT2D eigenvalue weighted by atomic mass is 19.1. The molecule has 12 heterocycles. The molecule has 0 bridgehead atoms. The minimum atomic E-state index is -3.50. The molecule has 3 fully saturated rings. The van der Waals surface area contributed by atoms with Crippen molar-refractivity contribution in [3.8, 4) is 69.0 Å². The molecule has 4 atom stereocenters. The van der Waals surface area contributed by atoms with Crippen molar-refractivity contribution < 1.29 is 65.4 Å². The van der Waals surface area contributed by atoms with Crippen LogP contribution in [0.4, 0.5) is 30.6 Å². The molecule has 0 spiro atoms. The van der Waals surface area contributed by atoms with E-state index < -0.39 is 91.6 Å². The van der Waals surface area contributed by atoms with Gasteiger partial charge in [-0.3, -0.25) is 14.4 Å². The number of nitrogens with zero attached hydrogens (tertiary/aromatic N) is 15. The number of hydrogen-bond acceptors (Lipinski definition) is 19. The summed E-state index contributed by atoms with van der Waals surface area (Å²) in [6.45, 7) is -10.2. The molecular weight excluding hydrogens is 1210 g/mol. The molecule has 0 aliphatic carbocycles. The fraction of sp³-hybridized carbons (Fsp3) is 0.273. The van der Waals surface area contributed by atoms with Gasteiger partial charge < -0.3 is 50.7 Å². The fourth-order valence-corrected chi connectivity index (χ4v) is 11.2. The summed E-state index contributed by atoms with van der Waals surface area (Å²) in [5, 5.41) is 80.4. The van der Waals surface area contributed by atoms with E-state index in [1.165, 1.54) is 73.1 Å². The van der Waals surface area contributed by atoms with Crippen molar-refractivity contribution in [1.82, 2.24) is 60.2 Å². The van der Waals surface area contributed by atoms with Crippen LogP contribution in [0.25, 0.3) is 50.8 Å². The number of β-amino-alcohol motifs (C(OH)–C–C–N with tert-alkyl or cyclic N) is 2. The van der Waals surface area contributed by atoms with E-state index in [4.69, 9.17) is 22.6 Å². The Morgan fingerprint density at radius 2 is 1.01 bits per heavy atom. The number of piperidine rings is 1. The van der Waals surface area contributed by atoms with Crippen LogP contribution in [-0.2, 0) is 24.4 Å². The Labute approximate surface area is 552 Å². The normalized spacial score (nSPS) is 25.2. The van der Waals surface area contributed by atoms with E-state index in [-0.39, 0.29) is 127 Å². The van der Waals surface area contributed by atoms with Crippen molar-refractivity contribution in [3.05, 3.63) is 178 Å². The van der Waals surface area contributed by atoms with E-state index >= 15 is 0 Å². The van der Waals surface area contributed by atoms with Gasteiger partial charge in [0, 0.05) is 93.9 Å². The molecule has 15 rings (SSSR count). The minimum absolute atomic E-state index is 0.00276. The Bertz CT molecular complexity index is 5070. The van der Waals surface area contributed by atoms with E-state index in [9.17, 15) is 58.7 Å². The first kappa shape index (κ1) is 47.5. The summed E-state index contributed by atoms with van der Waals surface area (Å²) in [6.07, 6.45) is -5.95. The van der Waals surface area contributed by atoms with Crippen LogP contribution >= 0.6 is 0 Å². The molecule has 6 aliphatic rings. The van der Waals surface area contributed by atoms with Crippen molar-refractivity contribution in [2.45, 2.75) is 69.6 Å². The van der Waals surface area contributed by atoms with Crippen molar-refractivity contribution in [1.29, 1.82) is 15.8 Å². The van der Waals surface area contributed by atoms with Gasteiger partial charge in [-0.25, -0.2) is 42.2 Å². The Hall–Kier alpha value is -11.4. The van der Waals surface area contributed by atoms with E-state index in [1.54, 1.807) is 24.1 Å². The second-order valence-corrected chi connectivity index (χ2v) is 21.6. The zero-order valence-corrected chi connectivity index (χ0v) is 49.1. The van der Waals surface area contributed by atoms with Gasteiger partial charge in [-0.15, -0.1) is 0 Å². The lowest BCUT2D eigenvalue weighted by atomic mass is 10.0. The topological polar surface area (TPSA) is 330 Å². The summed E-state index contributed by atoms with van der Waals surface area (Å²) in [4.78, 5) is 53.6. The highest BCUT2D eigenvalue weighted by Crippen LogP contribution is 2.37. The zero-order chi connectivity index (χ0) is 77.4. The average molecular weight is 1280 g/mol. The molecule has 9 aromatic rings. The number of aliphatic hydroxyl groups is 3. The Morgan fingerprint density at radius 3 is 1.37 bits per heavy atom. The molecule has 0 radical (unpaired) electrons. The first-order valence-electron chi connectivity index (χ1n) is 35.1. The van der Waals surface area contributed by atoms with Crippen molar-refractivity contribution in [2.24, 2.45) is 0 Å². The highest BCUT2D eigenvalue weighted by Gasteiger charge is 2.36. The molecule has 2 unspecified atom stereocenters. The van der Waals surface area contributed by atoms with Crippen LogP contribution < -0.4 is 30.7 Å². The number of carbonyl (C=O) groups is 3. The number of nitriles is 3. The number of nitrogens with one attached hydrogen (secondary N) is 3. The predicted molar refractivity (Wildman–Crippen MR) is 332 cm³/mol. The number of rotatable bonds is 10. The van der Waals surface area contributed by atoms with Crippen LogP contribution in [0.2, 0.25) is 0 Å². The number of aromatic nitrogens is 9. The molecule has 6 aliphatic heterocycles. The number of methoxy groups -OCH3 is 1. The maximum atomic E-state index is 14.8. The summed E-state index contributed by atoms with van der Waals surface area (Å²) in [6, 6.07) is 26.3. The first-order valence-corrected chi connectivity index (χ1v) is 28.6. The van der Waals surface area contributed by atoms with E-state index in [2.05, 4.69) is 46.2 Å². The van der Waals surface area contributed by atoms with Crippen LogP contribution in [0.5, 0.6) is 0 Å². The molecule has 28 heteroatoms. The maximum Gasteiger partial charge on any atom is 0.255 e. The number of ether oxygens (including phenoxy) is 1. The van der Waals surface area contributed by atoms with Gasteiger partial charge in [-0.05, 0) is 80.7 Å². The highest BCUT2D eigenvalue weighted by molar-refractivity contribution is 6.03. The molecule has 3 aromatic carbocycles. The van der Waals surface area contributed by atoms with Gasteiger partial charge in [-0.1, -0.05) is 18.2 Å². The van der Waals surface area contributed by atoms with Gasteiger partial charge in [0.25, 0.3) is 17.7 Å². The van der Waals surface area contributed by atoms with E-state index in [0.29, 0.717) is 47.2 Å². The minimum Gasteiger partial charge on any atom is -0.391 e. The van der Waals surface area contributed by atoms with E-state index in [0.717, 1.165) is 34.5 Å². The first-order chi connectivity index (χ1) is 50.3. The molecule has 94 heavy (non-hydrogen) atoms. The lowest BCUT2D eigenvalue weighted by Crippen LogP contribution is -2.47. The largest absolute Gasteiger partial charge is 0.391 e. The maximum absolute atomic E-state index is 14.8. The number of anilines is 3. The second-order valence-electron chi connectivity index (χ2n) is 21.6. The lowest BCUT2D eigenvalue weighted by Gasteiger charge is -2.35.